The minimum Gasteiger partial charge on any atom is -0.494 e. The molecule has 0 radical (unpaired) electrons. The van der Waals surface area contributed by atoms with Crippen LogP contribution in [0.15, 0.2) is 41.3 Å². The molecule has 0 aliphatic rings. The molecule has 0 spiro atoms. The molecular weight excluding hydrogens is 479 g/mol. The molecule has 0 atom stereocenters. The third-order valence-corrected chi connectivity index (χ3v) is 5.72. The summed E-state index contributed by atoms with van der Waals surface area (Å²) in [5.74, 6) is -1.15. The molecular formula is C18H17Cl3N2O6S. The zero-order chi connectivity index (χ0) is 22.3. The number of nitrogens with one attached hydrogen (secondary N) is 2. The summed E-state index contributed by atoms with van der Waals surface area (Å²) in [7, 11) is -3.94. The van der Waals surface area contributed by atoms with E-state index in [1.54, 1.807) is 6.92 Å². The molecule has 0 aliphatic carbocycles. The van der Waals surface area contributed by atoms with Crippen molar-refractivity contribution in [2.24, 2.45) is 0 Å². The van der Waals surface area contributed by atoms with Crippen LogP contribution in [-0.2, 0) is 24.3 Å². The minimum absolute atomic E-state index is 0.0523. The fraction of sp³-hybridized carbons (Fsp3) is 0.222. The van der Waals surface area contributed by atoms with E-state index in [0.29, 0.717) is 12.4 Å². The van der Waals surface area contributed by atoms with Gasteiger partial charge in [-0.25, -0.2) is 8.42 Å². The smallest absolute Gasteiger partial charge is 0.321 e. The summed E-state index contributed by atoms with van der Waals surface area (Å²) in [5.41, 5.74) is 0.111. The Morgan fingerprint density at radius 3 is 2.20 bits per heavy atom. The Hall–Kier alpha value is -2.04. The van der Waals surface area contributed by atoms with Crippen molar-refractivity contribution in [1.29, 1.82) is 0 Å². The molecule has 1 amide bonds. The Bertz CT molecular complexity index is 1010. The fourth-order valence-electron chi connectivity index (χ4n) is 2.15. The number of halogens is 3. The largest absolute Gasteiger partial charge is 0.494 e. The van der Waals surface area contributed by atoms with Crippen LogP contribution in [0.1, 0.15) is 6.92 Å². The van der Waals surface area contributed by atoms with Gasteiger partial charge in [-0.15, -0.1) is 0 Å². The van der Waals surface area contributed by atoms with Crippen LogP contribution < -0.4 is 14.8 Å². The molecule has 0 bridgehead atoms. The van der Waals surface area contributed by atoms with Gasteiger partial charge in [0.15, 0.2) is 6.61 Å². The third-order valence-electron chi connectivity index (χ3n) is 3.49. The molecule has 2 rings (SSSR count). The highest BCUT2D eigenvalue weighted by atomic mass is 35.5. The minimum atomic E-state index is -3.94. The Balaban J connectivity index is 1.85. The maximum atomic E-state index is 12.2. The molecule has 0 saturated heterocycles. The molecule has 0 unspecified atom stereocenters. The molecule has 12 heteroatoms. The van der Waals surface area contributed by atoms with E-state index in [2.05, 4.69) is 10.0 Å². The molecule has 30 heavy (non-hydrogen) atoms. The zero-order valence-corrected chi connectivity index (χ0v) is 18.7. The molecule has 8 nitrogen and oxygen atoms in total. The lowest BCUT2D eigenvalue weighted by molar-refractivity contribution is -0.146. The number of sulfonamides is 1. The highest BCUT2D eigenvalue weighted by molar-refractivity contribution is 7.89. The number of ether oxygens (including phenoxy) is 2. The Morgan fingerprint density at radius 2 is 1.63 bits per heavy atom. The first kappa shape index (κ1) is 24.2. The summed E-state index contributed by atoms with van der Waals surface area (Å²) >= 11 is 17.7. The molecule has 0 fully saturated rings. The lowest BCUT2D eigenvalue weighted by atomic mass is 10.3. The number of carbonyl (C=O) groups is 2. The van der Waals surface area contributed by atoms with E-state index in [1.165, 1.54) is 36.4 Å². The highest BCUT2D eigenvalue weighted by Crippen LogP contribution is 2.33. The first-order valence-corrected chi connectivity index (χ1v) is 11.1. The summed E-state index contributed by atoms with van der Waals surface area (Å²) < 4.78 is 36.5. The van der Waals surface area contributed by atoms with Crippen molar-refractivity contribution in [2.45, 2.75) is 11.8 Å². The Kier molecular flexibility index (Phi) is 8.75. The summed E-state index contributed by atoms with van der Waals surface area (Å²) in [4.78, 5) is 23.6. The third kappa shape index (κ3) is 7.03. The van der Waals surface area contributed by atoms with Crippen molar-refractivity contribution < 1.29 is 27.5 Å². The van der Waals surface area contributed by atoms with Crippen LogP contribution in [0.2, 0.25) is 15.1 Å². The zero-order valence-electron chi connectivity index (χ0n) is 15.6. The van der Waals surface area contributed by atoms with Crippen LogP contribution in [0.4, 0.5) is 5.69 Å². The van der Waals surface area contributed by atoms with Gasteiger partial charge in [0.1, 0.15) is 12.3 Å². The van der Waals surface area contributed by atoms with Gasteiger partial charge in [-0.2, -0.15) is 4.72 Å². The first-order chi connectivity index (χ1) is 14.1. The van der Waals surface area contributed by atoms with Crippen LogP contribution in [0.5, 0.6) is 5.75 Å². The SMILES string of the molecule is CCOc1ccc(S(=O)(=O)NCC(=O)OCC(=O)Nc2c(Cl)cc(Cl)cc2Cl)cc1. The second kappa shape index (κ2) is 10.8. The number of esters is 1. The standard InChI is InChI=1S/C18H17Cl3N2O6S/c1-2-28-12-3-5-13(6-4-12)30(26,27)22-9-17(25)29-10-16(24)23-18-14(20)7-11(19)8-15(18)21/h3-8,22H,2,9-10H2,1H3,(H,23,24). The lowest BCUT2D eigenvalue weighted by Gasteiger charge is -2.11. The average molecular weight is 496 g/mol. The molecule has 0 aromatic heterocycles. The molecule has 2 N–H and O–H groups in total. The maximum Gasteiger partial charge on any atom is 0.321 e. The summed E-state index contributed by atoms with van der Waals surface area (Å²) in [6, 6.07) is 8.43. The van der Waals surface area contributed by atoms with E-state index in [0.717, 1.165) is 0 Å². The molecule has 0 saturated carbocycles. The number of carbonyl (C=O) groups excluding carboxylic acids is 2. The molecule has 0 heterocycles. The normalized spacial score (nSPS) is 11.1. The van der Waals surface area contributed by atoms with E-state index >= 15 is 0 Å². The quantitative estimate of drug-likeness (QED) is 0.515. The van der Waals surface area contributed by atoms with Crippen molar-refractivity contribution in [1.82, 2.24) is 4.72 Å². The van der Waals surface area contributed by atoms with Crippen molar-refractivity contribution in [3.63, 3.8) is 0 Å². The number of benzene rings is 2. The summed E-state index contributed by atoms with van der Waals surface area (Å²) in [6.45, 7) is 0.918. The van der Waals surface area contributed by atoms with E-state index in [-0.39, 0.29) is 25.7 Å². The van der Waals surface area contributed by atoms with Gasteiger partial charge >= 0.3 is 5.97 Å². The van der Waals surface area contributed by atoms with Crippen LogP contribution in [0.25, 0.3) is 0 Å². The topological polar surface area (TPSA) is 111 Å². The molecule has 0 aliphatic heterocycles. The van der Waals surface area contributed by atoms with E-state index in [4.69, 9.17) is 44.3 Å². The number of hydrogen-bond acceptors (Lipinski definition) is 6. The number of hydrogen-bond donors (Lipinski definition) is 2. The summed E-state index contributed by atoms with van der Waals surface area (Å²) in [6.07, 6.45) is 0. The van der Waals surface area contributed by atoms with E-state index in [9.17, 15) is 18.0 Å². The second-order valence-electron chi connectivity index (χ2n) is 5.68. The fourth-order valence-corrected chi connectivity index (χ4v) is 4.03. The van der Waals surface area contributed by atoms with Crippen molar-refractivity contribution in [3.8, 4) is 5.75 Å². The van der Waals surface area contributed by atoms with Gasteiger partial charge in [0.2, 0.25) is 10.0 Å². The lowest BCUT2D eigenvalue weighted by Crippen LogP contribution is -2.32. The Morgan fingerprint density at radius 1 is 1.03 bits per heavy atom. The van der Waals surface area contributed by atoms with Gasteiger partial charge in [0, 0.05) is 5.02 Å². The summed E-state index contributed by atoms with van der Waals surface area (Å²) in [5, 5.41) is 2.89. The van der Waals surface area contributed by atoms with Crippen LogP contribution >= 0.6 is 34.8 Å². The average Bonchev–Trinajstić information content (AvgIpc) is 2.68. The van der Waals surface area contributed by atoms with Gasteiger partial charge in [0.25, 0.3) is 5.91 Å². The Labute approximate surface area is 188 Å². The maximum absolute atomic E-state index is 12.2. The van der Waals surface area contributed by atoms with Gasteiger partial charge in [-0.3, -0.25) is 9.59 Å². The van der Waals surface area contributed by atoms with Crippen LogP contribution in [0, 0.1) is 0 Å². The van der Waals surface area contributed by atoms with E-state index < -0.39 is 35.1 Å². The van der Waals surface area contributed by atoms with Crippen molar-refractivity contribution in [3.05, 3.63) is 51.5 Å². The molecule has 2 aromatic rings. The molecule has 2 aromatic carbocycles. The highest BCUT2D eigenvalue weighted by Gasteiger charge is 2.17. The molecule has 162 valence electrons. The monoisotopic (exact) mass is 494 g/mol. The van der Waals surface area contributed by atoms with Crippen LogP contribution in [-0.4, -0.2) is 40.1 Å². The first-order valence-electron chi connectivity index (χ1n) is 8.45. The van der Waals surface area contributed by atoms with Gasteiger partial charge in [-0.1, -0.05) is 34.8 Å². The second-order valence-corrected chi connectivity index (χ2v) is 8.70. The van der Waals surface area contributed by atoms with E-state index in [1.807, 2.05) is 0 Å². The predicted molar refractivity (Wildman–Crippen MR) is 114 cm³/mol. The van der Waals surface area contributed by atoms with Gasteiger partial charge in [-0.05, 0) is 43.3 Å². The van der Waals surface area contributed by atoms with Gasteiger partial charge in [0.05, 0.1) is 27.2 Å². The number of anilines is 1. The number of amides is 1. The van der Waals surface area contributed by atoms with Crippen molar-refractivity contribution in [2.75, 3.05) is 25.1 Å². The van der Waals surface area contributed by atoms with Crippen molar-refractivity contribution >= 4 is 62.4 Å². The van der Waals surface area contributed by atoms with Gasteiger partial charge < -0.3 is 14.8 Å². The van der Waals surface area contributed by atoms with Crippen LogP contribution in [0.3, 0.4) is 0 Å². The predicted octanol–water partition coefficient (Wildman–Crippen LogP) is 3.51. The number of rotatable bonds is 9.